The first kappa shape index (κ1) is 10.2. The van der Waals surface area contributed by atoms with E-state index in [4.69, 9.17) is 16.0 Å². The van der Waals surface area contributed by atoms with E-state index in [-0.39, 0.29) is 0 Å². The smallest absolute Gasteiger partial charge is 0.347 e. The van der Waals surface area contributed by atoms with Crippen LogP contribution in [0.2, 0.25) is 5.02 Å². The summed E-state index contributed by atoms with van der Waals surface area (Å²) >= 11 is 5.81. The fourth-order valence-electron chi connectivity index (χ4n) is 1.76. The second-order valence-corrected chi connectivity index (χ2v) is 4.24. The van der Waals surface area contributed by atoms with E-state index in [1.54, 1.807) is 12.3 Å². The number of pyridine rings is 2. The van der Waals surface area contributed by atoms with Crippen LogP contribution in [0.5, 0.6) is 0 Å². The van der Waals surface area contributed by atoms with Crippen molar-refractivity contribution >= 4 is 33.6 Å². The molecule has 0 fully saturated rings. The van der Waals surface area contributed by atoms with Gasteiger partial charge >= 0.3 is 5.63 Å². The maximum atomic E-state index is 11.7. The van der Waals surface area contributed by atoms with Gasteiger partial charge in [0.15, 0.2) is 0 Å². The van der Waals surface area contributed by atoms with Gasteiger partial charge in [-0.25, -0.2) is 9.78 Å². The van der Waals surface area contributed by atoms with Gasteiger partial charge in [0, 0.05) is 12.4 Å². The van der Waals surface area contributed by atoms with Gasteiger partial charge in [-0.15, -0.1) is 0 Å². The molecule has 3 heterocycles. The third-order valence-electron chi connectivity index (χ3n) is 2.51. The van der Waals surface area contributed by atoms with Crippen LogP contribution in [-0.2, 0) is 0 Å². The topological polar surface area (TPSA) is 56.0 Å². The molecular formula is C12H7ClN2O2. The second-order valence-electron chi connectivity index (χ2n) is 3.80. The van der Waals surface area contributed by atoms with Crippen LogP contribution in [0.3, 0.4) is 0 Å². The minimum atomic E-state index is -0.473. The van der Waals surface area contributed by atoms with Gasteiger partial charge in [-0.2, -0.15) is 0 Å². The summed E-state index contributed by atoms with van der Waals surface area (Å²) < 4.78 is 5.12. The molecule has 0 aliphatic heterocycles. The molecule has 0 aliphatic carbocycles. The minimum Gasteiger partial charge on any atom is -0.403 e. The lowest BCUT2D eigenvalue weighted by molar-refractivity contribution is 0.557. The largest absolute Gasteiger partial charge is 0.403 e. The Bertz CT molecular complexity index is 795. The average Bonchev–Trinajstić information content (AvgIpc) is 2.30. The molecule has 0 radical (unpaired) electrons. The van der Waals surface area contributed by atoms with E-state index in [0.717, 1.165) is 10.9 Å². The highest BCUT2D eigenvalue weighted by molar-refractivity contribution is 6.31. The summed E-state index contributed by atoms with van der Waals surface area (Å²) in [6, 6.07) is 3.44. The van der Waals surface area contributed by atoms with Crippen molar-refractivity contribution in [1.82, 2.24) is 9.97 Å². The van der Waals surface area contributed by atoms with E-state index in [1.165, 1.54) is 6.20 Å². The van der Waals surface area contributed by atoms with Gasteiger partial charge in [0.05, 0.1) is 21.3 Å². The number of aryl methyl sites for hydroxylation is 1. The maximum Gasteiger partial charge on any atom is 0.347 e. The Morgan fingerprint density at radius 3 is 2.82 bits per heavy atom. The first-order chi connectivity index (χ1) is 8.15. The van der Waals surface area contributed by atoms with Crippen LogP contribution in [0.4, 0.5) is 0 Å². The van der Waals surface area contributed by atoms with Crippen molar-refractivity contribution in [3.63, 3.8) is 0 Å². The Morgan fingerprint density at radius 2 is 2.00 bits per heavy atom. The summed E-state index contributed by atoms with van der Waals surface area (Å²) in [6.07, 6.45) is 3.15. The zero-order valence-electron chi connectivity index (χ0n) is 8.90. The first-order valence-corrected chi connectivity index (χ1v) is 5.37. The molecule has 3 aromatic heterocycles. The van der Waals surface area contributed by atoms with E-state index < -0.39 is 5.63 Å². The van der Waals surface area contributed by atoms with Gasteiger partial charge in [-0.05, 0) is 24.6 Å². The molecule has 0 spiro atoms. The van der Waals surface area contributed by atoms with Crippen molar-refractivity contribution < 1.29 is 4.42 Å². The van der Waals surface area contributed by atoms with Gasteiger partial charge in [-0.3, -0.25) is 4.98 Å². The Labute approximate surface area is 101 Å². The normalized spacial score (nSPS) is 11.2. The summed E-state index contributed by atoms with van der Waals surface area (Å²) in [6.45, 7) is 1.92. The highest BCUT2D eigenvalue weighted by Gasteiger charge is 2.09. The van der Waals surface area contributed by atoms with Crippen LogP contribution in [0.25, 0.3) is 22.0 Å². The van der Waals surface area contributed by atoms with E-state index in [9.17, 15) is 4.79 Å². The molecule has 4 nitrogen and oxygen atoms in total. The first-order valence-electron chi connectivity index (χ1n) is 5.00. The molecule has 0 amide bonds. The molecule has 0 aliphatic rings. The van der Waals surface area contributed by atoms with Crippen molar-refractivity contribution in [3.8, 4) is 0 Å². The van der Waals surface area contributed by atoms with E-state index in [1.807, 2.05) is 13.0 Å². The van der Waals surface area contributed by atoms with E-state index in [0.29, 0.717) is 21.6 Å². The highest BCUT2D eigenvalue weighted by Crippen LogP contribution is 2.22. The summed E-state index contributed by atoms with van der Waals surface area (Å²) in [7, 11) is 0. The van der Waals surface area contributed by atoms with Gasteiger partial charge in [0.2, 0.25) is 5.71 Å². The number of hydrogen-bond donors (Lipinski definition) is 0. The number of fused-ring (bicyclic) bond motifs is 3. The highest BCUT2D eigenvalue weighted by atomic mass is 35.5. The van der Waals surface area contributed by atoms with Crippen LogP contribution >= 0.6 is 11.6 Å². The molecule has 3 aromatic rings. The molecule has 84 valence electrons. The number of halogens is 1. The van der Waals surface area contributed by atoms with Gasteiger partial charge in [-0.1, -0.05) is 11.6 Å². The van der Waals surface area contributed by atoms with Gasteiger partial charge in [0.25, 0.3) is 0 Å². The molecule has 0 unspecified atom stereocenters. The molecule has 0 saturated heterocycles. The maximum absolute atomic E-state index is 11.7. The molecule has 0 N–H and O–H groups in total. The van der Waals surface area contributed by atoms with Crippen LogP contribution in [0, 0.1) is 6.92 Å². The third-order valence-corrected chi connectivity index (χ3v) is 2.71. The van der Waals surface area contributed by atoms with Crippen molar-refractivity contribution in [2.45, 2.75) is 6.92 Å². The summed E-state index contributed by atoms with van der Waals surface area (Å²) in [5.74, 6) is 0. The molecule has 5 heteroatoms. The van der Waals surface area contributed by atoms with Gasteiger partial charge < -0.3 is 4.42 Å². The lowest BCUT2D eigenvalue weighted by Gasteiger charge is -2.01. The van der Waals surface area contributed by atoms with E-state index >= 15 is 0 Å². The predicted molar refractivity (Wildman–Crippen MR) is 65.3 cm³/mol. The molecule has 17 heavy (non-hydrogen) atoms. The predicted octanol–water partition coefficient (Wildman–Crippen LogP) is 2.70. The standard InChI is InChI=1S/C12H7ClN2O2/c1-6-2-8-10-9(3-7(13)5-14-10)12(16)17-11(8)15-4-6/h2-5H,1H3. The number of rotatable bonds is 0. The summed E-state index contributed by atoms with van der Waals surface area (Å²) in [5.41, 5.74) is 1.36. The molecular weight excluding hydrogens is 240 g/mol. The van der Waals surface area contributed by atoms with Crippen LogP contribution in [0.15, 0.2) is 33.7 Å². The van der Waals surface area contributed by atoms with Crippen LogP contribution < -0.4 is 5.63 Å². The quantitative estimate of drug-likeness (QED) is 0.572. The van der Waals surface area contributed by atoms with Crippen molar-refractivity contribution in [1.29, 1.82) is 0 Å². The SMILES string of the molecule is Cc1cnc2oc(=O)c3cc(Cl)cnc3c2c1. The van der Waals surface area contributed by atoms with Gasteiger partial charge in [0.1, 0.15) is 0 Å². The van der Waals surface area contributed by atoms with E-state index in [2.05, 4.69) is 9.97 Å². The fourth-order valence-corrected chi connectivity index (χ4v) is 1.92. The Kier molecular flexibility index (Phi) is 2.12. The number of nitrogens with zero attached hydrogens (tertiary/aromatic N) is 2. The molecule has 0 aromatic carbocycles. The van der Waals surface area contributed by atoms with Crippen molar-refractivity contribution in [2.75, 3.05) is 0 Å². The van der Waals surface area contributed by atoms with Crippen LogP contribution in [0.1, 0.15) is 5.56 Å². The zero-order chi connectivity index (χ0) is 12.0. The lowest BCUT2D eigenvalue weighted by atomic mass is 10.2. The monoisotopic (exact) mass is 246 g/mol. The fraction of sp³-hybridized carbons (Fsp3) is 0.0833. The van der Waals surface area contributed by atoms with Crippen molar-refractivity contribution in [3.05, 3.63) is 45.5 Å². The third kappa shape index (κ3) is 1.57. The molecule has 3 rings (SSSR count). The van der Waals surface area contributed by atoms with Crippen LogP contribution in [-0.4, -0.2) is 9.97 Å². The van der Waals surface area contributed by atoms with Crippen molar-refractivity contribution in [2.24, 2.45) is 0 Å². The zero-order valence-corrected chi connectivity index (χ0v) is 9.65. The minimum absolute atomic E-state index is 0.294. The molecule has 0 atom stereocenters. The summed E-state index contributed by atoms with van der Waals surface area (Å²) in [4.78, 5) is 20.0. The summed E-state index contributed by atoms with van der Waals surface area (Å²) in [5, 5.41) is 1.50. The number of aromatic nitrogens is 2. The molecule has 0 saturated carbocycles. The Balaban J connectivity index is 2.62. The Morgan fingerprint density at radius 1 is 1.18 bits per heavy atom. The average molecular weight is 247 g/mol. The second kappa shape index (κ2) is 3.53. The lowest BCUT2D eigenvalue weighted by Crippen LogP contribution is -2.02. The number of hydrogen-bond acceptors (Lipinski definition) is 4. The Hall–Kier alpha value is -1.94. The molecule has 0 bridgehead atoms.